The SMILES string of the molecule is Cc1ccccc1N1NN=C(CO)N1. The van der Waals surface area contributed by atoms with Crippen LogP contribution in [0.25, 0.3) is 0 Å². The summed E-state index contributed by atoms with van der Waals surface area (Å²) in [4.78, 5) is 0. The highest BCUT2D eigenvalue weighted by atomic mass is 16.3. The van der Waals surface area contributed by atoms with Crippen molar-refractivity contribution in [1.29, 1.82) is 0 Å². The van der Waals surface area contributed by atoms with Crippen molar-refractivity contribution >= 4 is 11.5 Å². The second kappa shape index (κ2) is 3.55. The van der Waals surface area contributed by atoms with Gasteiger partial charge in [0.15, 0.2) is 5.84 Å². The van der Waals surface area contributed by atoms with Crippen molar-refractivity contribution in [2.24, 2.45) is 5.10 Å². The molecule has 0 saturated heterocycles. The van der Waals surface area contributed by atoms with Gasteiger partial charge in [-0.3, -0.25) is 5.43 Å². The number of anilines is 1. The van der Waals surface area contributed by atoms with Gasteiger partial charge in [-0.05, 0) is 18.6 Å². The van der Waals surface area contributed by atoms with Crippen LogP contribution in [0.2, 0.25) is 0 Å². The van der Waals surface area contributed by atoms with Crippen molar-refractivity contribution in [3.05, 3.63) is 29.8 Å². The molecule has 0 unspecified atom stereocenters. The van der Waals surface area contributed by atoms with E-state index in [9.17, 15) is 0 Å². The second-order valence-electron chi connectivity index (χ2n) is 3.05. The Morgan fingerprint density at radius 3 is 2.86 bits per heavy atom. The van der Waals surface area contributed by atoms with Crippen molar-refractivity contribution in [1.82, 2.24) is 11.0 Å². The summed E-state index contributed by atoms with van der Waals surface area (Å²) >= 11 is 0. The Bertz CT molecular complexity index is 364. The molecule has 0 atom stereocenters. The fourth-order valence-electron chi connectivity index (χ4n) is 1.29. The smallest absolute Gasteiger partial charge is 0.170 e. The second-order valence-corrected chi connectivity index (χ2v) is 3.05. The number of hydrogen-bond acceptors (Lipinski definition) is 5. The van der Waals surface area contributed by atoms with Gasteiger partial charge in [-0.25, -0.2) is 0 Å². The lowest BCUT2D eigenvalue weighted by atomic mass is 10.2. The quantitative estimate of drug-likeness (QED) is 0.623. The molecule has 0 amide bonds. The summed E-state index contributed by atoms with van der Waals surface area (Å²) in [6.45, 7) is 1.91. The average Bonchev–Trinajstić information content (AvgIpc) is 2.67. The lowest BCUT2D eigenvalue weighted by Gasteiger charge is -2.19. The third-order valence-corrected chi connectivity index (χ3v) is 2.03. The number of benzene rings is 1. The number of nitrogens with one attached hydrogen (secondary N) is 2. The lowest BCUT2D eigenvalue weighted by Crippen LogP contribution is -2.42. The van der Waals surface area contributed by atoms with E-state index in [1.807, 2.05) is 31.2 Å². The Labute approximate surface area is 82.0 Å². The Kier molecular flexibility index (Phi) is 2.24. The van der Waals surface area contributed by atoms with Crippen LogP contribution in [0.4, 0.5) is 5.69 Å². The van der Waals surface area contributed by atoms with Crippen LogP contribution in [0.15, 0.2) is 29.4 Å². The van der Waals surface area contributed by atoms with E-state index >= 15 is 0 Å². The van der Waals surface area contributed by atoms with Crippen LogP contribution in [0.5, 0.6) is 0 Å². The normalized spacial score (nSPS) is 14.7. The van der Waals surface area contributed by atoms with E-state index in [0.29, 0.717) is 5.84 Å². The maximum Gasteiger partial charge on any atom is 0.170 e. The number of amidine groups is 1. The molecule has 0 aromatic heterocycles. The molecule has 5 heteroatoms. The van der Waals surface area contributed by atoms with Gasteiger partial charge in [0.1, 0.15) is 6.61 Å². The van der Waals surface area contributed by atoms with Crippen molar-refractivity contribution in [2.75, 3.05) is 11.7 Å². The number of hydrazone groups is 1. The molecule has 14 heavy (non-hydrogen) atoms. The van der Waals surface area contributed by atoms with Gasteiger partial charge < -0.3 is 5.11 Å². The number of aliphatic hydroxyl groups excluding tert-OH is 1. The van der Waals surface area contributed by atoms with Crippen LogP contribution in [0.1, 0.15) is 5.56 Å². The first kappa shape index (κ1) is 8.83. The number of aryl methyl sites for hydroxylation is 1. The molecule has 0 radical (unpaired) electrons. The van der Waals surface area contributed by atoms with Gasteiger partial charge in [-0.1, -0.05) is 18.2 Å². The van der Waals surface area contributed by atoms with Gasteiger partial charge in [0, 0.05) is 0 Å². The summed E-state index contributed by atoms with van der Waals surface area (Å²) in [5.41, 5.74) is 7.80. The van der Waals surface area contributed by atoms with Crippen LogP contribution in [0.3, 0.4) is 0 Å². The van der Waals surface area contributed by atoms with E-state index in [1.165, 1.54) is 0 Å². The molecule has 1 aromatic carbocycles. The summed E-state index contributed by atoms with van der Waals surface area (Å²) in [7, 11) is 0. The molecular formula is C9H12N4O. The molecule has 1 aliphatic heterocycles. The maximum atomic E-state index is 8.84. The first-order valence-corrected chi connectivity index (χ1v) is 4.37. The number of aliphatic hydroxyl groups is 1. The zero-order chi connectivity index (χ0) is 9.97. The van der Waals surface area contributed by atoms with Gasteiger partial charge in [-0.15, -0.1) is 5.10 Å². The number of rotatable bonds is 2. The Hall–Kier alpha value is -1.75. The molecule has 2 rings (SSSR count). The molecule has 5 nitrogen and oxygen atoms in total. The van der Waals surface area contributed by atoms with E-state index in [1.54, 1.807) is 5.12 Å². The van der Waals surface area contributed by atoms with E-state index in [-0.39, 0.29) is 6.61 Å². The third kappa shape index (κ3) is 1.49. The summed E-state index contributed by atoms with van der Waals surface area (Å²) in [5, 5.41) is 14.4. The van der Waals surface area contributed by atoms with E-state index in [2.05, 4.69) is 16.1 Å². The van der Waals surface area contributed by atoms with Crippen LogP contribution in [-0.2, 0) is 0 Å². The molecule has 0 fully saturated rings. The number of hydrazine groups is 2. The first-order valence-electron chi connectivity index (χ1n) is 4.37. The van der Waals surface area contributed by atoms with Gasteiger partial charge in [0.25, 0.3) is 0 Å². The van der Waals surface area contributed by atoms with Crippen LogP contribution in [0, 0.1) is 6.92 Å². The van der Waals surface area contributed by atoms with E-state index < -0.39 is 0 Å². The molecule has 3 N–H and O–H groups in total. The van der Waals surface area contributed by atoms with E-state index in [4.69, 9.17) is 5.11 Å². The summed E-state index contributed by atoms with van der Waals surface area (Å²) in [5.74, 6) is 0.508. The standard InChI is InChI=1S/C9H12N4O/c1-7-4-2-3-5-8(7)13-11-9(6-14)10-12-13/h2-5,12,14H,6H2,1H3,(H,10,11). The van der Waals surface area contributed by atoms with E-state index in [0.717, 1.165) is 11.3 Å². The zero-order valence-corrected chi connectivity index (χ0v) is 7.86. The average molecular weight is 192 g/mol. The molecule has 74 valence electrons. The first-order chi connectivity index (χ1) is 6.81. The highest BCUT2D eigenvalue weighted by molar-refractivity contribution is 5.86. The number of para-hydroxylation sites is 1. The van der Waals surface area contributed by atoms with Gasteiger partial charge in [0.05, 0.1) is 5.69 Å². The molecule has 1 aromatic rings. The molecule has 0 spiro atoms. The van der Waals surface area contributed by atoms with Crippen molar-refractivity contribution in [2.45, 2.75) is 6.92 Å². The van der Waals surface area contributed by atoms with Crippen LogP contribution < -0.4 is 16.1 Å². The summed E-state index contributed by atoms with van der Waals surface area (Å²) in [6.07, 6.45) is 0. The Morgan fingerprint density at radius 2 is 2.21 bits per heavy atom. The fraction of sp³-hybridized carbons (Fsp3) is 0.222. The molecular weight excluding hydrogens is 180 g/mol. The summed E-state index contributed by atoms with van der Waals surface area (Å²) in [6, 6.07) is 7.89. The van der Waals surface area contributed by atoms with Crippen LogP contribution in [-0.4, -0.2) is 17.5 Å². The monoisotopic (exact) mass is 192 g/mol. The highest BCUT2D eigenvalue weighted by Gasteiger charge is 2.14. The Morgan fingerprint density at radius 1 is 1.43 bits per heavy atom. The molecule has 1 heterocycles. The topological polar surface area (TPSA) is 59.9 Å². The van der Waals surface area contributed by atoms with Crippen molar-refractivity contribution < 1.29 is 5.11 Å². The summed E-state index contributed by atoms with van der Waals surface area (Å²) < 4.78 is 0. The molecule has 1 aliphatic rings. The van der Waals surface area contributed by atoms with Gasteiger partial charge >= 0.3 is 0 Å². The van der Waals surface area contributed by atoms with Gasteiger partial charge in [-0.2, -0.15) is 10.7 Å². The van der Waals surface area contributed by atoms with Gasteiger partial charge in [0.2, 0.25) is 0 Å². The molecule has 0 saturated carbocycles. The fourth-order valence-corrected chi connectivity index (χ4v) is 1.29. The minimum absolute atomic E-state index is 0.102. The highest BCUT2D eigenvalue weighted by Crippen LogP contribution is 2.16. The largest absolute Gasteiger partial charge is 0.388 e. The molecule has 0 aliphatic carbocycles. The van der Waals surface area contributed by atoms with Crippen molar-refractivity contribution in [3.63, 3.8) is 0 Å². The maximum absolute atomic E-state index is 8.84. The van der Waals surface area contributed by atoms with Crippen molar-refractivity contribution in [3.8, 4) is 0 Å². The predicted molar refractivity (Wildman–Crippen MR) is 54.5 cm³/mol. The predicted octanol–water partition coefficient (Wildman–Crippen LogP) is 0.130. The number of nitrogens with zero attached hydrogens (tertiary/aromatic N) is 2. The number of hydrogen-bond donors (Lipinski definition) is 3. The molecule has 0 bridgehead atoms. The third-order valence-electron chi connectivity index (χ3n) is 2.03. The zero-order valence-electron chi connectivity index (χ0n) is 7.86. The lowest BCUT2D eigenvalue weighted by molar-refractivity contribution is 0.354. The van der Waals surface area contributed by atoms with Crippen LogP contribution >= 0.6 is 0 Å². The minimum Gasteiger partial charge on any atom is -0.388 e. The minimum atomic E-state index is -0.102. The Balaban J connectivity index is 2.16.